The van der Waals surface area contributed by atoms with E-state index in [1.165, 1.54) is 12.8 Å². The van der Waals surface area contributed by atoms with Crippen LogP contribution in [-0.4, -0.2) is 19.7 Å². The standard InChI is InChI=1S/C15H25NO/c1-14(2)13-16-11-7-4-8-12-17-15-9-5-3-6-10-15/h3,5-6,9-10,14,16H,4,7-8,11-13H2,1-2H3. The molecule has 0 heterocycles. The first-order chi connectivity index (χ1) is 8.29. The van der Waals surface area contributed by atoms with E-state index in [1.54, 1.807) is 0 Å². The van der Waals surface area contributed by atoms with E-state index >= 15 is 0 Å². The first kappa shape index (κ1) is 14.0. The molecular formula is C15H25NO. The molecule has 0 amide bonds. The summed E-state index contributed by atoms with van der Waals surface area (Å²) in [7, 11) is 0. The van der Waals surface area contributed by atoms with Crippen LogP contribution in [0, 0.1) is 5.92 Å². The first-order valence-electron chi connectivity index (χ1n) is 6.67. The normalized spacial score (nSPS) is 10.8. The van der Waals surface area contributed by atoms with E-state index in [-0.39, 0.29) is 0 Å². The van der Waals surface area contributed by atoms with Crippen molar-refractivity contribution in [3.05, 3.63) is 30.3 Å². The van der Waals surface area contributed by atoms with Gasteiger partial charge in [-0.15, -0.1) is 0 Å². The van der Waals surface area contributed by atoms with Crippen LogP contribution in [0.25, 0.3) is 0 Å². The van der Waals surface area contributed by atoms with Crippen molar-refractivity contribution >= 4 is 0 Å². The molecule has 2 nitrogen and oxygen atoms in total. The van der Waals surface area contributed by atoms with E-state index in [1.807, 2.05) is 30.3 Å². The van der Waals surface area contributed by atoms with Gasteiger partial charge in [-0.05, 0) is 50.4 Å². The summed E-state index contributed by atoms with van der Waals surface area (Å²) in [6.45, 7) is 7.56. The number of ether oxygens (including phenoxy) is 1. The van der Waals surface area contributed by atoms with Crippen molar-refractivity contribution in [2.75, 3.05) is 19.7 Å². The Morgan fingerprint density at radius 2 is 1.82 bits per heavy atom. The van der Waals surface area contributed by atoms with Crippen LogP contribution in [0.2, 0.25) is 0 Å². The Kier molecular flexibility index (Phi) is 7.48. The van der Waals surface area contributed by atoms with Crippen LogP contribution < -0.4 is 10.1 Å². The summed E-state index contributed by atoms with van der Waals surface area (Å²) < 4.78 is 5.63. The van der Waals surface area contributed by atoms with Gasteiger partial charge >= 0.3 is 0 Å². The van der Waals surface area contributed by atoms with Crippen molar-refractivity contribution in [2.24, 2.45) is 5.92 Å². The zero-order chi connectivity index (χ0) is 12.3. The largest absolute Gasteiger partial charge is 0.494 e. The van der Waals surface area contributed by atoms with Crippen molar-refractivity contribution in [1.29, 1.82) is 0 Å². The van der Waals surface area contributed by atoms with Gasteiger partial charge < -0.3 is 10.1 Å². The molecule has 17 heavy (non-hydrogen) atoms. The van der Waals surface area contributed by atoms with E-state index < -0.39 is 0 Å². The molecule has 0 spiro atoms. The smallest absolute Gasteiger partial charge is 0.119 e. The molecule has 1 aromatic rings. The quantitative estimate of drug-likeness (QED) is 0.662. The van der Waals surface area contributed by atoms with Crippen LogP contribution in [-0.2, 0) is 0 Å². The minimum absolute atomic E-state index is 0.747. The second-order valence-electron chi connectivity index (χ2n) is 4.82. The number of unbranched alkanes of at least 4 members (excludes halogenated alkanes) is 2. The highest BCUT2D eigenvalue weighted by Crippen LogP contribution is 2.09. The van der Waals surface area contributed by atoms with Gasteiger partial charge in [0.05, 0.1) is 6.61 Å². The predicted octanol–water partition coefficient (Wildman–Crippen LogP) is 3.48. The monoisotopic (exact) mass is 235 g/mol. The zero-order valence-electron chi connectivity index (χ0n) is 11.1. The average molecular weight is 235 g/mol. The van der Waals surface area contributed by atoms with Crippen LogP contribution >= 0.6 is 0 Å². The van der Waals surface area contributed by atoms with Crippen LogP contribution in [0.1, 0.15) is 33.1 Å². The Labute approximate surface area is 105 Å². The predicted molar refractivity (Wildman–Crippen MR) is 73.5 cm³/mol. The van der Waals surface area contributed by atoms with E-state index in [0.29, 0.717) is 0 Å². The highest BCUT2D eigenvalue weighted by molar-refractivity contribution is 5.20. The van der Waals surface area contributed by atoms with Crippen LogP contribution in [0.5, 0.6) is 5.75 Å². The second kappa shape index (κ2) is 9.06. The summed E-state index contributed by atoms with van der Waals surface area (Å²) in [6, 6.07) is 10.0. The molecule has 96 valence electrons. The van der Waals surface area contributed by atoms with Gasteiger partial charge in [-0.3, -0.25) is 0 Å². The van der Waals surface area contributed by atoms with Gasteiger partial charge in [0.2, 0.25) is 0 Å². The van der Waals surface area contributed by atoms with Gasteiger partial charge in [-0.1, -0.05) is 32.0 Å². The molecule has 0 unspecified atom stereocenters. The highest BCUT2D eigenvalue weighted by atomic mass is 16.5. The molecule has 1 N–H and O–H groups in total. The van der Waals surface area contributed by atoms with E-state index in [0.717, 1.165) is 37.8 Å². The maximum absolute atomic E-state index is 5.63. The first-order valence-corrected chi connectivity index (χ1v) is 6.67. The summed E-state index contributed by atoms with van der Waals surface area (Å²) in [5.74, 6) is 1.72. The molecule has 0 saturated heterocycles. The lowest BCUT2D eigenvalue weighted by Crippen LogP contribution is -2.20. The van der Waals surface area contributed by atoms with Gasteiger partial charge in [0.25, 0.3) is 0 Å². The molecule has 1 rings (SSSR count). The van der Waals surface area contributed by atoms with Crippen LogP contribution in [0.4, 0.5) is 0 Å². The molecule has 0 saturated carbocycles. The summed E-state index contributed by atoms with van der Waals surface area (Å²) in [4.78, 5) is 0. The number of rotatable bonds is 9. The van der Waals surface area contributed by atoms with Gasteiger partial charge in [-0.25, -0.2) is 0 Å². The second-order valence-corrected chi connectivity index (χ2v) is 4.82. The van der Waals surface area contributed by atoms with E-state index in [9.17, 15) is 0 Å². The molecule has 0 aliphatic carbocycles. The maximum atomic E-state index is 5.63. The third kappa shape index (κ3) is 7.81. The molecule has 0 fully saturated rings. The fraction of sp³-hybridized carbons (Fsp3) is 0.600. The number of nitrogens with one attached hydrogen (secondary N) is 1. The fourth-order valence-corrected chi connectivity index (χ4v) is 1.63. The summed E-state index contributed by atoms with van der Waals surface area (Å²) in [6.07, 6.45) is 3.61. The van der Waals surface area contributed by atoms with Crippen molar-refractivity contribution < 1.29 is 4.74 Å². The van der Waals surface area contributed by atoms with Crippen molar-refractivity contribution in [2.45, 2.75) is 33.1 Å². The topological polar surface area (TPSA) is 21.3 Å². The highest BCUT2D eigenvalue weighted by Gasteiger charge is 1.94. The van der Waals surface area contributed by atoms with Crippen LogP contribution in [0.15, 0.2) is 30.3 Å². The number of hydrogen-bond acceptors (Lipinski definition) is 2. The summed E-state index contributed by atoms with van der Waals surface area (Å²) in [5.41, 5.74) is 0. The molecule has 0 aliphatic heterocycles. The Morgan fingerprint density at radius 3 is 2.53 bits per heavy atom. The molecule has 0 aromatic heterocycles. The molecule has 1 aromatic carbocycles. The summed E-state index contributed by atoms with van der Waals surface area (Å²) >= 11 is 0. The van der Waals surface area contributed by atoms with Crippen LogP contribution in [0.3, 0.4) is 0 Å². The minimum Gasteiger partial charge on any atom is -0.494 e. The number of hydrogen-bond donors (Lipinski definition) is 1. The SMILES string of the molecule is CC(C)CNCCCCCOc1ccccc1. The average Bonchev–Trinajstić information content (AvgIpc) is 2.33. The van der Waals surface area contributed by atoms with Gasteiger partial charge in [0, 0.05) is 0 Å². The Bertz CT molecular complexity index is 272. The van der Waals surface area contributed by atoms with Gasteiger partial charge in [0.15, 0.2) is 0 Å². The minimum atomic E-state index is 0.747. The fourth-order valence-electron chi connectivity index (χ4n) is 1.63. The van der Waals surface area contributed by atoms with Crippen molar-refractivity contribution in [3.8, 4) is 5.75 Å². The molecule has 0 bridgehead atoms. The lowest BCUT2D eigenvalue weighted by molar-refractivity contribution is 0.304. The lowest BCUT2D eigenvalue weighted by Gasteiger charge is -2.08. The molecular weight excluding hydrogens is 210 g/mol. The Balaban J connectivity index is 1.88. The van der Waals surface area contributed by atoms with Crippen molar-refractivity contribution in [3.63, 3.8) is 0 Å². The molecule has 2 heteroatoms. The third-order valence-corrected chi connectivity index (χ3v) is 2.56. The number of benzene rings is 1. The lowest BCUT2D eigenvalue weighted by atomic mass is 10.2. The Morgan fingerprint density at radius 1 is 1.06 bits per heavy atom. The zero-order valence-corrected chi connectivity index (χ0v) is 11.1. The summed E-state index contributed by atoms with van der Waals surface area (Å²) in [5, 5.41) is 3.45. The Hall–Kier alpha value is -1.02. The molecule has 0 aliphatic rings. The van der Waals surface area contributed by atoms with Gasteiger partial charge in [-0.2, -0.15) is 0 Å². The van der Waals surface area contributed by atoms with E-state index in [4.69, 9.17) is 4.74 Å². The van der Waals surface area contributed by atoms with E-state index in [2.05, 4.69) is 19.2 Å². The number of para-hydroxylation sites is 1. The molecule has 0 radical (unpaired) electrons. The maximum Gasteiger partial charge on any atom is 0.119 e. The van der Waals surface area contributed by atoms with Gasteiger partial charge in [0.1, 0.15) is 5.75 Å². The third-order valence-electron chi connectivity index (χ3n) is 2.56. The molecule has 0 atom stereocenters. The van der Waals surface area contributed by atoms with Crippen molar-refractivity contribution in [1.82, 2.24) is 5.32 Å².